The Bertz CT molecular complexity index is 591. The van der Waals surface area contributed by atoms with Gasteiger partial charge >= 0.3 is 7.80 Å². The number of hydrogen-bond donors (Lipinski definition) is 0. The number of alkyl halides is 1. The second-order valence-electron chi connectivity index (χ2n) is 13.1. The van der Waals surface area contributed by atoms with Crippen molar-refractivity contribution in [3.05, 3.63) is 0 Å². The topological polar surface area (TPSA) is 52.6 Å². The van der Waals surface area contributed by atoms with Crippen LogP contribution < -0.4 is 0 Å². The minimum atomic E-state index is -1.81. The van der Waals surface area contributed by atoms with E-state index in [2.05, 4.69) is 90.3 Å². The summed E-state index contributed by atoms with van der Waals surface area (Å²) in [7, 11) is -5.70. The summed E-state index contributed by atoms with van der Waals surface area (Å²) in [6, 6.07) is 0. The summed E-state index contributed by atoms with van der Waals surface area (Å²) in [5, 5.41) is 0.659. The van der Waals surface area contributed by atoms with Gasteiger partial charge in [-0.2, -0.15) is 0 Å². The molecule has 4 nitrogen and oxygen atoms in total. The van der Waals surface area contributed by atoms with E-state index >= 15 is 0 Å². The summed E-state index contributed by atoms with van der Waals surface area (Å²) in [5.41, 5.74) is 0. The zero-order chi connectivity index (χ0) is 28.6. The van der Waals surface area contributed by atoms with Crippen LogP contribution in [0.5, 0.6) is 0 Å². The molecule has 0 unspecified atom stereocenters. The molecule has 0 aliphatic carbocycles. The van der Waals surface area contributed by atoms with E-state index in [4.69, 9.17) is 8.85 Å². The molecular formula is C26H62IO4P2Si2+. The zero-order valence-electron chi connectivity index (χ0n) is 26.0. The van der Waals surface area contributed by atoms with Crippen molar-refractivity contribution in [1.29, 1.82) is 0 Å². The van der Waals surface area contributed by atoms with Gasteiger partial charge in [-0.15, -0.1) is 0 Å². The molecule has 214 valence electrons. The third-order valence-corrected chi connectivity index (χ3v) is 17.9. The van der Waals surface area contributed by atoms with Gasteiger partial charge in [0.2, 0.25) is 0 Å². The van der Waals surface area contributed by atoms with Gasteiger partial charge in [0.15, 0.2) is 16.6 Å². The lowest BCUT2D eigenvalue weighted by Gasteiger charge is -2.36. The molecule has 0 aromatic heterocycles. The highest BCUT2D eigenvalue weighted by atomic mass is 127. The summed E-state index contributed by atoms with van der Waals surface area (Å²) < 4.78 is 34.6. The average molecular weight is 684 g/mol. The Hall–Kier alpha value is 1.41. The van der Waals surface area contributed by atoms with E-state index in [1.165, 1.54) is 23.7 Å². The lowest BCUT2D eigenvalue weighted by molar-refractivity contribution is 0.278. The fraction of sp³-hybridized carbons (Fsp3) is 1.00. The van der Waals surface area contributed by atoms with E-state index in [-0.39, 0.29) is 0 Å². The molecule has 35 heavy (non-hydrogen) atoms. The van der Waals surface area contributed by atoms with Crippen molar-refractivity contribution in [1.82, 2.24) is 0 Å². The highest BCUT2D eigenvalue weighted by Gasteiger charge is 2.37. The molecule has 0 saturated heterocycles. The molecule has 0 aliphatic rings. The summed E-state index contributed by atoms with van der Waals surface area (Å²) in [6.45, 7) is 31.9. The van der Waals surface area contributed by atoms with Crippen molar-refractivity contribution in [3.63, 3.8) is 0 Å². The molecule has 0 radical (unpaired) electrons. The molecule has 0 aliphatic heterocycles. The van der Waals surface area contributed by atoms with Gasteiger partial charge in [0.1, 0.15) is 13.3 Å². The monoisotopic (exact) mass is 683 g/mol. The molecule has 0 spiro atoms. The maximum absolute atomic E-state index is 11.5. The summed E-state index contributed by atoms with van der Waals surface area (Å²) in [4.78, 5) is 0. The summed E-state index contributed by atoms with van der Waals surface area (Å²) in [6.07, 6.45) is 8.08. The van der Waals surface area contributed by atoms with E-state index in [0.717, 1.165) is 38.6 Å². The smallest absolute Gasteiger partial charge is 0.332 e. The Labute approximate surface area is 237 Å². The number of hydrogen-bond acceptors (Lipinski definition) is 4. The predicted octanol–water partition coefficient (Wildman–Crippen LogP) is 10.5. The molecule has 0 aromatic rings. The van der Waals surface area contributed by atoms with Gasteiger partial charge < -0.3 is 13.4 Å². The minimum absolute atomic E-state index is 0.301. The predicted molar refractivity (Wildman–Crippen MR) is 177 cm³/mol. The van der Waals surface area contributed by atoms with Gasteiger partial charge in [0.25, 0.3) is 0 Å². The van der Waals surface area contributed by atoms with Crippen LogP contribution in [0.1, 0.15) is 80.1 Å². The van der Waals surface area contributed by atoms with Gasteiger partial charge in [-0.05, 0) is 79.7 Å². The minimum Gasteiger partial charge on any atom is -0.417 e. The summed E-state index contributed by atoms with van der Waals surface area (Å²) >= 11 is 2.44. The molecule has 0 atom stereocenters. The maximum atomic E-state index is 11.5. The van der Waals surface area contributed by atoms with Gasteiger partial charge in [-0.3, -0.25) is 0 Å². The van der Waals surface area contributed by atoms with Crippen LogP contribution in [0.25, 0.3) is 0 Å². The SMILES string of the molecule is CC(C)(C)[Si](C)(C)OCCCCCI.CC(C)(C)[Si](C)(C)OCCCCCP(C)(C)=O.C[P+](C)=O. The normalized spacial score (nSPS) is 12.9. The molecule has 0 rings (SSSR count). The largest absolute Gasteiger partial charge is 0.417 e. The molecule has 9 heteroatoms. The number of unbranched alkanes of at least 4 members (excludes halogenated alkanes) is 4. The maximum Gasteiger partial charge on any atom is 0.332 e. The van der Waals surface area contributed by atoms with E-state index in [1.807, 2.05) is 13.3 Å². The van der Waals surface area contributed by atoms with Crippen molar-refractivity contribution < 1.29 is 18.0 Å². The number of halogens is 1. The average Bonchev–Trinajstić information content (AvgIpc) is 2.61. The van der Waals surface area contributed by atoms with E-state index in [1.54, 1.807) is 13.3 Å². The first-order chi connectivity index (χ1) is 15.5. The second kappa shape index (κ2) is 19.5. The van der Waals surface area contributed by atoms with E-state index in [0.29, 0.717) is 10.1 Å². The van der Waals surface area contributed by atoms with Crippen LogP contribution in [0.2, 0.25) is 36.3 Å². The van der Waals surface area contributed by atoms with Crippen molar-refractivity contribution in [2.24, 2.45) is 0 Å². The molecule has 0 heterocycles. The Morgan fingerprint density at radius 3 is 1.29 bits per heavy atom. The molecule has 0 N–H and O–H groups in total. The fourth-order valence-corrected chi connectivity index (χ4v) is 5.93. The van der Waals surface area contributed by atoms with Crippen LogP contribution in [0, 0.1) is 0 Å². The second-order valence-corrected chi connectivity index (χ2v) is 29.1. The van der Waals surface area contributed by atoms with Crippen LogP contribution in [0.3, 0.4) is 0 Å². The first-order valence-corrected chi connectivity index (χ1v) is 25.5. The summed E-state index contributed by atoms with van der Waals surface area (Å²) in [5.74, 6) is 0. The van der Waals surface area contributed by atoms with Crippen LogP contribution >= 0.6 is 37.5 Å². The third kappa shape index (κ3) is 26.8. The fourth-order valence-electron chi connectivity index (χ4n) is 2.23. The molecule has 0 amide bonds. The van der Waals surface area contributed by atoms with E-state index < -0.39 is 31.6 Å². The van der Waals surface area contributed by atoms with Crippen molar-refractivity contribution >= 4 is 54.2 Å². The first-order valence-electron chi connectivity index (χ1n) is 13.2. The zero-order valence-corrected chi connectivity index (χ0v) is 31.9. The van der Waals surface area contributed by atoms with Crippen LogP contribution in [0.4, 0.5) is 0 Å². The Balaban J connectivity index is -0.000000514. The van der Waals surface area contributed by atoms with E-state index in [9.17, 15) is 9.13 Å². The Morgan fingerprint density at radius 2 is 1.03 bits per heavy atom. The van der Waals surface area contributed by atoms with Gasteiger partial charge in [-0.25, -0.2) is 0 Å². The van der Waals surface area contributed by atoms with Crippen molar-refractivity contribution in [3.8, 4) is 0 Å². The Morgan fingerprint density at radius 1 is 0.714 bits per heavy atom. The lowest BCUT2D eigenvalue weighted by atomic mass is 10.2. The van der Waals surface area contributed by atoms with Crippen LogP contribution in [-0.4, -0.2) is 67.1 Å². The molecule has 0 saturated carbocycles. The lowest BCUT2D eigenvalue weighted by Crippen LogP contribution is -2.40. The van der Waals surface area contributed by atoms with Crippen LogP contribution in [-0.2, 0) is 18.0 Å². The highest BCUT2D eigenvalue weighted by molar-refractivity contribution is 14.1. The molecular weight excluding hydrogens is 621 g/mol. The van der Waals surface area contributed by atoms with Gasteiger partial charge in [-0.1, -0.05) is 81.5 Å². The van der Waals surface area contributed by atoms with Gasteiger partial charge in [0, 0.05) is 19.4 Å². The molecule has 0 fully saturated rings. The molecule has 0 bridgehead atoms. The van der Waals surface area contributed by atoms with Crippen molar-refractivity contribution in [2.45, 2.75) is 116 Å². The standard InChI is InChI=1S/C13H31O2PSi.C11H25IOSi.C2H6OP/c1-13(2,3)17(6,7)15-11-9-8-10-12-16(4,5)14;1-11(2,3)14(4,5)13-10-8-6-7-9-12;1-4(2)3/h8-12H2,1-7H3;6-10H2,1-5H3;1-2H3/q;;+1. The highest BCUT2D eigenvalue weighted by Crippen LogP contribution is 2.38. The quantitative estimate of drug-likeness (QED) is 0.0638. The number of rotatable bonds is 13. The third-order valence-electron chi connectivity index (χ3n) is 6.66. The van der Waals surface area contributed by atoms with Crippen LogP contribution in [0.15, 0.2) is 0 Å². The molecule has 0 aromatic carbocycles. The van der Waals surface area contributed by atoms with Crippen molar-refractivity contribution in [2.75, 3.05) is 50.5 Å². The first kappa shape index (κ1) is 40.9. The van der Waals surface area contributed by atoms with Gasteiger partial charge in [0.05, 0.1) is 7.14 Å². The Kier molecular flexibility index (Phi) is 22.8.